The van der Waals surface area contributed by atoms with Gasteiger partial charge in [-0.05, 0) is 35.9 Å². The molecule has 0 unspecified atom stereocenters. The summed E-state index contributed by atoms with van der Waals surface area (Å²) in [4.78, 5) is 25.2. The first-order valence-electron chi connectivity index (χ1n) is 7.62. The zero-order valence-electron chi connectivity index (χ0n) is 13.1. The maximum absolute atomic E-state index is 13.1. The number of fused-ring (bicyclic) bond motifs is 1. The predicted molar refractivity (Wildman–Crippen MR) is 97.1 cm³/mol. The first-order valence-corrected chi connectivity index (χ1v) is 8.44. The summed E-state index contributed by atoms with van der Waals surface area (Å²) in [6.45, 7) is 4.30. The Morgan fingerprint density at radius 2 is 1.80 bits per heavy atom. The SMILES string of the molecule is C=C1C(=O)SC(=O)N1c1cccc2c1ccn2Cc1ccc(F)cc1. The third-order valence-corrected chi connectivity index (χ3v) is 4.94. The van der Waals surface area contributed by atoms with Crippen LogP contribution in [0.25, 0.3) is 10.9 Å². The Labute approximate surface area is 147 Å². The number of rotatable bonds is 3. The molecular formula is C19H13FN2O2S. The normalized spacial score (nSPS) is 14.8. The Morgan fingerprint density at radius 1 is 1.04 bits per heavy atom. The van der Waals surface area contributed by atoms with Crippen molar-refractivity contribution < 1.29 is 14.0 Å². The van der Waals surface area contributed by atoms with Crippen molar-refractivity contribution >= 4 is 38.7 Å². The van der Waals surface area contributed by atoms with Gasteiger partial charge >= 0.3 is 0 Å². The molecule has 4 rings (SSSR count). The molecule has 1 fully saturated rings. The summed E-state index contributed by atoms with van der Waals surface area (Å²) in [6.07, 6.45) is 1.91. The van der Waals surface area contributed by atoms with Crippen molar-refractivity contribution in [3.8, 4) is 0 Å². The number of thioether (sulfide) groups is 1. The largest absolute Gasteiger partial charge is 0.343 e. The van der Waals surface area contributed by atoms with Crippen LogP contribution >= 0.6 is 11.8 Å². The van der Waals surface area contributed by atoms with Crippen LogP contribution in [0.15, 0.2) is 67.0 Å². The van der Waals surface area contributed by atoms with E-state index >= 15 is 0 Å². The van der Waals surface area contributed by atoms with Gasteiger partial charge in [-0.15, -0.1) is 0 Å². The molecule has 4 nitrogen and oxygen atoms in total. The summed E-state index contributed by atoms with van der Waals surface area (Å²) >= 11 is 0.657. The average molecular weight is 352 g/mol. The number of halogens is 1. The van der Waals surface area contributed by atoms with Crippen molar-refractivity contribution in [1.29, 1.82) is 0 Å². The molecule has 0 saturated carbocycles. The van der Waals surface area contributed by atoms with Crippen molar-refractivity contribution in [3.05, 3.63) is 78.4 Å². The molecule has 0 spiro atoms. The molecule has 124 valence electrons. The van der Waals surface area contributed by atoms with E-state index in [9.17, 15) is 14.0 Å². The van der Waals surface area contributed by atoms with Gasteiger partial charge in [0, 0.05) is 29.9 Å². The molecule has 0 aliphatic carbocycles. The first-order chi connectivity index (χ1) is 12.0. The Balaban J connectivity index is 1.76. The topological polar surface area (TPSA) is 42.3 Å². The fourth-order valence-corrected chi connectivity index (χ4v) is 3.62. The van der Waals surface area contributed by atoms with Crippen molar-refractivity contribution in [3.63, 3.8) is 0 Å². The Morgan fingerprint density at radius 3 is 2.48 bits per heavy atom. The van der Waals surface area contributed by atoms with Crippen LogP contribution in [-0.2, 0) is 11.3 Å². The van der Waals surface area contributed by atoms with Gasteiger partial charge in [-0.2, -0.15) is 0 Å². The minimum atomic E-state index is -0.339. The highest BCUT2D eigenvalue weighted by atomic mass is 32.2. The van der Waals surface area contributed by atoms with Gasteiger partial charge < -0.3 is 4.57 Å². The van der Waals surface area contributed by atoms with E-state index in [1.54, 1.807) is 18.2 Å². The van der Waals surface area contributed by atoms with Gasteiger partial charge in [-0.1, -0.05) is 24.8 Å². The summed E-state index contributed by atoms with van der Waals surface area (Å²) in [5.74, 6) is -0.267. The second-order valence-electron chi connectivity index (χ2n) is 5.72. The minimum absolute atomic E-state index is 0.175. The molecule has 1 saturated heterocycles. The summed E-state index contributed by atoms with van der Waals surface area (Å²) in [5.41, 5.74) is 2.71. The Kier molecular flexibility index (Phi) is 3.69. The van der Waals surface area contributed by atoms with E-state index in [2.05, 4.69) is 6.58 Å². The van der Waals surface area contributed by atoms with Gasteiger partial charge in [0.05, 0.1) is 16.9 Å². The molecule has 6 heteroatoms. The number of aromatic nitrogens is 1. The lowest BCUT2D eigenvalue weighted by Gasteiger charge is -2.16. The molecule has 1 aliphatic heterocycles. The molecule has 0 N–H and O–H groups in total. The average Bonchev–Trinajstić information content (AvgIpc) is 3.11. The van der Waals surface area contributed by atoms with Gasteiger partial charge in [-0.25, -0.2) is 4.39 Å². The van der Waals surface area contributed by atoms with Gasteiger partial charge in [0.15, 0.2) is 0 Å². The van der Waals surface area contributed by atoms with E-state index < -0.39 is 0 Å². The molecule has 1 aliphatic rings. The van der Waals surface area contributed by atoms with Crippen LogP contribution in [0.4, 0.5) is 14.9 Å². The number of hydrogen-bond donors (Lipinski definition) is 0. The highest BCUT2D eigenvalue weighted by molar-refractivity contribution is 8.27. The fraction of sp³-hybridized carbons (Fsp3) is 0.0526. The molecule has 25 heavy (non-hydrogen) atoms. The number of carbonyl (C=O) groups is 2. The number of nitrogens with zero attached hydrogens (tertiary/aromatic N) is 2. The lowest BCUT2D eigenvalue weighted by molar-refractivity contribution is -0.107. The van der Waals surface area contributed by atoms with E-state index in [1.165, 1.54) is 17.0 Å². The van der Waals surface area contributed by atoms with Crippen LogP contribution < -0.4 is 4.90 Å². The van der Waals surface area contributed by atoms with Gasteiger partial charge in [0.25, 0.3) is 5.24 Å². The number of carbonyl (C=O) groups excluding carboxylic acids is 2. The Hall–Kier alpha value is -2.86. The second-order valence-corrected chi connectivity index (χ2v) is 6.64. The predicted octanol–water partition coefficient (Wildman–Crippen LogP) is 4.54. The first kappa shape index (κ1) is 15.7. The Bertz CT molecular complexity index is 1020. The molecule has 2 heterocycles. The van der Waals surface area contributed by atoms with Crippen LogP contribution in [0.3, 0.4) is 0 Å². The second kappa shape index (κ2) is 5.89. The van der Waals surface area contributed by atoms with Crippen molar-refractivity contribution in [2.24, 2.45) is 0 Å². The summed E-state index contributed by atoms with van der Waals surface area (Å²) in [7, 11) is 0. The third kappa shape index (κ3) is 2.64. The van der Waals surface area contributed by atoms with Crippen molar-refractivity contribution in [1.82, 2.24) is 4.57 Å². The third-order valence-electron chi connectivity index (χ3n) is 4.17. The molecule has 0 radical (unpaired) electrons. The van der Waals surface area contributed by atoms with E-state index in [-0.39, 0.29) is 21.9 Å². The monoisotopic (exact) mass is 352 g/mol. The van der Waals surface area contributed by atoms with E-state index in [1.807, 2.05) is 29.0 Å². The highest BCUT2D eigenvalue weighted by Crippen LogP contribution is 2.37. The molecule has 1 aromatic heterocycles. The van der Waals surface area contributed by atoms with Crippen LogP contribution in [0.5, 0.6) is 0 Å². The molecule has 2 aromatic carbocycles. The summed E-state index contributed by atoms with van der Waals surface area (Å²) in [5, 5.41) is 0.191. The highest BCUT2D eigenvalue weighted by Gasteiger charge is 2.35. The molecule has 0 bridgehead atoms. The van der Waals surface area contributed by atoms with Crippen LogP contribution in [-0.4, -0.2) is 14.9 Å². The zero-order chi connectivity index (χ0) is 17.6. The molecule has 3 aromatic rings. The molecule has 0 atom stereocenters. The summed E-state index contributed by atoms with van der Waals surface area (Å²) < 4.78 is 15.1. The maximum atomic E-state index is 13.1. The van der Waals surface area contributed by atoms with Crippen molar-refractivity contribution in [2.45, 2.75) is 6.54 Å². The smallest absolute Gasteiger partial charge is 0.298 e. The lowest BCUT2D eigenvalue weighted by Crippen LogP contribution is -2.20. The van der Waals surface area contributed by atoms with Crippen LogP contribution in [0.2, 0.25) is 0 Å². The number of amides is 1. The fourth-order valence-electron chi connectivity index (χ4n) is 2.96. The number of anilines is 1. The van der Waals surface area contributed by atoms with Gasteiger partial charge in [0.2, 0.25) is 5.12 Å². The minimum Gasteiger partial charge on any atom is -0.343 e. The lowest BCUT2D eigenvalue weighted by atomic mass is 10.2. The molecule has 1 amide bonds. The number of benzene rings is 2. The standard InChI is InChI=1S/C19H13FN2O2S/c1-12-18(23)25-19(24)22(12)17-4-2-3-16-15(17)9-10-21(16)11-13-5-7-14(20)8-6-13/h2-10H,1,11H2. The van der Waals surface area contributed by atoms with E-state index in [0.717, 1.165) is 16.5 Å². The van der Waals surface area contributed by atoms with Crippen LogP contribution in [0, 0.1) is 5.82 Å². The summed E-state index contributed by atoms with van der Waals surface area (Å²) in [6, 6.07) is 13.8. The van der Waals surface area contributed by atoms with E-state index in [4.69, 9.17) is 0 Å². The van der Waals surface area contributed by atoms with Gasteiger partial charge in [0.1, 0.15) is 5.82 Å². The molecular weight excluding hydrogens is 339 g/mol. The number of hydrogen-bond acceptors (Lipinski definition) is 3. The zero-order valence-corrected chi connectivity index (χ0v) is 13.9. The van der Waals surface area contributed by atoms with Crippen molar-refractivity contribution in [2.75, 3.05) is 4.90 Å². The maximum Gasteiger partial charge on any atom is 0.298 e. The van der Waals surface area contributed by atoms with Crippen LogP contribution in [0.1, 0.15) is 5.56 Å². The van der Waals surface area contributed by atoms with Gasteiger partial charge in [-0.3, -0.25) is 14.5 Å². The van der Waals surface area contributed by atoms with E-state index in [0.29, 0.717) is 24.0 Å². The quantitative estimate of drug-likeness (QED) is 0.650.